The fraction of sp³-hybridized carbons (Fsp3) is 0.379. The maximum atomic E-state index is 13.4. The van der Waals surface area contributed by atoms with Gasteiger partial charge in [0.25, 0.3) is 15.6 Å². The van der Waals surface area contributed by atoms with Crippen molar-refractivity contribution >= 4 is 26.7 Å². The van der Waals surface area contributed by atoms with Crippen molar-refractivity contribution in [3.8, 4) is 11.1 Å². The first-order valence-corrected chi connectivity index (χ1v) is 14.5. The number of rotatable bonds is 4. The number of pyridine rings is 2. The van der Waals surface area contributed by atoms with Crippen molar-refractivity contribution in [1.82, 2.24) is 13.5 Å². The molecule has 0 bridgehead atoms. The molecular formula is C29H32N4O3S. The van der Waals surface area contributed by atoms with Crippen molar-refractivity contribution in [2.24, 2.45) is 12.5 Å². The van der Waals surface area contributed by atoms with Crippen LogP contribution in [-0.2, 0) is 17.1 Å². The number of hydrogen-bond acceptors (Lipinski definition) is 5. The van der Waals surface area contributed by atoms with Crippen molar-refractivity contribution in [2.45, 2.75) is 50.3 Å². The zero-order valence-corrected chi connectivity index (χ0v) is 22.2. The lowest BCUT2D eigenvalue weighted by Gasteiger charge is -2.33. The molecule has 8 heteroatoms. The van der Waals surface area contributed by atoms with Gasteiger partial charge in [-0.25, -0.2) is 17.4 Å². The van der Waals surface area contributed by atoms with Gasteiger partial charge in [-0.2, -0.15) is 0 Å². The molecule has 192 valence electrons. The summed E-state index contributed by atoms with van der Waals surface area (Å²) in [6.45, 7) is 4.01. The summed E-state index contributed by atoms with van der Waals surface area (Å²) in [4.78, 5) is 20.5. The molecule has 4 aromatic rings. The molecule has 4 heterocycles. The van der Waals surface area contributed by atoms with Gasteiger partial charge < -0.3 is 9.47 Å². The Bertz CT molecular complexity index is 1630. The van der Waals surface area contributed by atoms with Crippen molar-refractivity contribution in [1.29, 1.82) is 0 Å². The zero-order chi connectivity index (χ0) is 25.8. The van der Waals surface area contributed by atoms with E-state index in [9.17, 15) is 13.2 Å². The summed E-state index contributed by atoms with van der Waals surface area (Å²) in [6.07, 6.45) is 13.0. The topological polar surface area (TPSA) is 77.2 Å². The van der Waals surface area contributed by atoms with E-state index in [0.717, 1.165) is 39.6 Å². The molecule has 0 atom stereocenters. The van der Waals surface area contributed by atoms with Crippen LogP contribution in [0.3, 0.4) is 0 Å². The molecule has 7 nitrogen and oxygen atoms in total. The largest absolute Gasteiger partial charge is 0.356 e. The predicted octanol–water partition coefficient (Wildman–Crippen LogP) is 5.11. The zero-order valence-electron chi connectivity index (χ0n) is 21.4. The molecule has 1 aromatic carbocycles. The van der Waals surface area contributed by atoms with Crippen LogP contribution in [0.25, 0.3) is 22.0 Å². The average Bonchev–Trinajstić information content (AvgIpc) is 3.53. The lowest BCUT2D eigenvalue weighted by atomic mass is 9.73. The van der Waals surface area contributed by atoms with Crippen molar-refractivity contribution in [3.05, 3.63) is 77.0 Å². The Kier molecular flexibility index (Phi) is 5.75. The molecule has 0 unspecified atom stereocenters. The number of aryl methyl sites for hydroxylation is 2. The third-order valence-corrected chi connectivity index (χ3v) is 9.99. The minimum atomic E-state index is -3.93. The number of benzene rings is 1. The molecule has 0 amide bonds. The second-order valence-corrected chi connectivity index (χ2v) is 12.6. The van der Waals surface area contributed by atoms with E-state index >= 15 is 0 Å². The van der Waals surface area contributed by atoms with Gasteiger partial charge >= 0.3 is 0 Å². The van der Waals surface area contributed by atoms with E-state index in [0.29, 0.717) is 10.8 Å². The molecule has 1 spiro atoms. The fourth-order valence-electron chi connectivity index (χ4n) is 6.16. The number of aromatic nitrogens is 3. The molecule has 3 aromatic heterocycles. The molecule has 1 aliphatic carbocycles. The SMILES string of the molecule is Cc1ccc(S(=O)(=O)n2ccc3c(-c4ccc(N5CCC6(CCCCC6)C5)nc4)cn(C)c(=O)c32)cc1. The van der Waals surface area contributed by atoms with Gasteiger partial charge in [-0.1, -0.05) is 37.0 Å². The van der Waals surface area contributed by atoms with Crippen LogP contribution < -0.4 is 10.5 Å². The summed E-state index contributed by atoms with van der Waals surface area (Å²) in [6, 6.07) is 12.4. The first-order chi connectivity index (χ1) is 17.8. The van der Waals surface area contributed by atoms with Gasteiger partial charge in [-0.15, -0.1) is 0 Å². The summed E-state index contributed by atoms with van der Waals surface area (Å²) in [7, 11) is -2.28. The van der Waals surface area contributed by atoms with E-state index in [4.69, 9.17) is 4.98 Å². The number of nitrogens with zero attached hydrogens (tertiary/aromatic N) is 4. The normalized spacial score (nSPS) is 17.6. The van der Waals surface area contributed by atoms with E-state index in [1.54, 1.807) is 43.6 Å². The Morgan fingerprint density at radius 1 is 0.946 bits per heavy atom. The molecule has 1 saturated heterocycles. The molecule has 1 aliphatic heterocycles. The van der Waals surface area contributed by atoms with Gasteiger partial charge in [0.05, 0.1) is 4.90 Å². The average molecular weight is 517 g/mol. The van der Waals surface area contributed by atoms with Gasteiger partial charge in [0, 0.05) is 55.2 Å². The van der Waals surface area contributed by atoms with Crippen LogP contribution >= 0.6 is 0 Å². The summed E-state index contributed by atoms with van der Waals surface area (Å²) in [5, 5.41) is 0.593. The molecule has 0 N–H and O–H groups in total. The smallest absolute Gasteiger partial charge is 0.275 e. The Labute approximate surface area is 217 Å². The fourth-order valence-corrected chi connectivity index (χ4v) is 7.50. The van der Waals surface area contributed by atoms with Gasteiger partial charge in [0.2, 0.25) is 0 Å². The first-order valence-electron chi connectivity index (χ1n) is 13.0. The Morgan fingerprint density at radius 3 is 2.41 bits per heavy atom. The van der Waals surface area contributed by atoms with Gasteiger partial charge in [-0.05, 0) is 61.9 Å². The molecule has 37 heavy (non-hydrogen) atoms. The molecule has 1 saturated carbocycles. The lowest BCUT2D eigenvalue weighted by molar-refractivity contribution is 0.219. The van der Waals surface area contributed by atoms with Gasteiger partial charge in [0.1, 0.15) is 11.3 Å². The van der Waals surface area contributed by atoms with E-state index in [1.165, 1.54) is 49.3 Å². The minimum absolute atomic E-state index is 0.142. The number of anilines is 1. The van der Waals surface area contributed by atoms with Crippen LogP contribution in [0, 0.1) is 12.3 Å². The number of fused-ring (bicyclic) bond motifs is 1. The van der Waals surface area contributed by atoms with Gasteiger partial charge in [-0.3, -0.25) is 4.79 Å². The van der Waals surface area contributed by atoms with Crippen LogP contribution in [0.15, 0.2) is 70.7 Å². The highest BCUT2D eigenvalue weighted by atomic mass is 32.2. The highest BCUT2D eigenvalue weighted by molar-refractivity contribution is 7.90. The highest BCUT2D eigenvalue weighted by Crippen LogP contribution is 2.44. The Morgan fingerprint density at radius 2 is 1.70 bits per heavy atom. The third kappa shape index (κ3) is 4.07. The maximum absolute atomic E-state index is 13.4. The molecule has 2 aliphatic rings. The Balaban J connectivity index is 1.37. The van der Waals surface area contributed by atoms with E-state index in [1.807, 2.05) is 25.3 Å². The summed E-state index contributed by atoms with van der Waals surface area (Å²) in [5.41, 5.74) is 2.82. The van der Waals surface area contributed by atoms with E-state index in [2.05, 4.69) is 4.90 Å². The second-order valence-electron chi connectivity index (χ2n) is 10.8. The van der Waals surface area contributed by atoms with Gasteiger partial charge in [0.15, 0.2) is 0 Å². The van der Waals surface area contributed by atoms with Crippen LogP contribution in [-0.4, -0.2) is 35.0 Å². The number of hydrogen-bond donors (Lipinski definition) is 0. The van der Waals surface area contributed by atoms with E-state index < -0.39 is 10.0 Å². The second kappa shape index (κ2) is 8.87. The predicted molar refractivity (Wildman–Crippen MR) is 147 cm³/mol. The third-order valence-electron chi connectivity index (χ3n) is 8.30. The van der Waals surface area contributed by atoms with Crippen LogP contribution in [0.5, 0.6) is 0 Å². The standard InChI is InChI=1S/C29H32N4O3S/c1-21-6-9-23(10-7-21)37(35,36)33-16-12-24-25(19-31(2)28(34)27(24)33)22-8-11-26(30-18-22)32-17-15-29(20-32)13-4-3-5-14-29/h6-12,16,18-19H,3-5,13-15,17,20H2,1-2H3. The molecular weight excluding hydrogens is 484 g/mol. The molecule has 6 rings (SSSR count). The van der Waals surface area contributed by atoms with Crippen molar-refractivity contribution < 1.29 is 8.42 Å². The molecule has 0 radical (unpaired) electrons. The van der Waals surface area contributed by atoms with Crippen LogP contribution in [0.4, 0.5) is 5.82 Å². The summed E-state index contributed by atoms with van der Waals surface area (Å²) >= 11 is 0. The van der Waals surface area contributed by atoms with E-state index in [-0.39, 0.29) is 16.0 Å². The van der Waals surface area contributed by atoms with Crippen molar-refractivity contribution in [2.75, 3.05) is 18.0 Å². The quantitative estimate of drug-likeness (QED) is 0.377. The van der Waals surface area contributed by atoms with Crippen LogP contribution in [0.2, 0.25) is 0 Å². The summed E-state index contributed by atoms with van der Waals surface area (Å²) in [5.74, 6) is 0.979. The first kappa shape index (κ1) is 24.0. The minimum Gasteiger partial charge on any atom is -0.356 e. The monoisotopic (exact) mass is 516 g/mol. The summed E-state index contributed by atoms with van der Waals surface area (Å²) < 4.78 is 29.4. The lowest BCUT2D eigenvalue weighted by Crippen LogP contribution is -2.29. The maximum Gasteiger partial charge on any atom is 0.275 e. The highest BCUT2D eigenvalue weighted by Gasteiger charge is 2.39. The molecule has 2 fully saturated rings. The van der Waals surface area contributed by atoms with Crippen molar-refractivity contribution in [3.63, 3.8) is 0 Å². The Hall–Kier alpha value is -3.39. The van der Waals surface area contributed by atoms with Crippen LogP contribution in [0.1, 0.15) is 44.1 Å².